The number of rotatable bonds is 4. The van der Waals surface area contributed by atoms with Gasteiger partial charge < -0.3 is 4.90 Å². The smallest absolute Gasteiger partial charge is 0.226 e. The molecule has 0 aromatic heterocycles. The van der Waals surface area contributed by atoms with Gasteiger partial charge in [-0.25, -0.2) is 4.39 Å². The van der Waals surface area contributed by atoms with Gasteiger partial charge in [-0.2, -0.15) is 5.26 Å². The van der Waals surface area contributed by atoms with Gasteiger partial charge in [0.15, 0.2) is 5.78 Å². The van der Waals surface area contributed by atoms with Crippen molar-refractivity contribution < 1.29 is 14.0 Å². The zero-order chi connectivity index (χ0) is 23.0. The molecule has 1 fully saturated rings. The van der Waals surface area contributed by atoms with Crippen molar-refractivity contribution in [3.63, 3.8) is 0 Å². The van der Waals surface area contributed by atoms with E-state index in [4.69, 9.17) is 5.26 Å². The van der Waals surface area contributed by atoms with Crippen molar-refractivity contribution in [1.82, 2.24) is 4.90 Å². The van der Waals surface area contributed by atoms with Gasteiger partial charge in [-0.05, 0) is 74.6 Å². The molecule has 0 radical (unpaired) electrons. The molecule has 1 amide bonds. The zero-order valence-electron chi connectivity index (χ0n) is 19.2. The van der Waals surface area contributed by atoms with E-state index in [0.29, 0.717) is 24.8 Å². The molecule has 32 heavy (non-hydrogen) atoms. The highest BCUT2D eigenvalue weighted by Crippen LogP contribution is 2.57. The van der Waals surface area contributed by atoms with E-state index in [2.05, 4.69) is 13.0 Å². The number of benzene rings is 1. The van der Waals surface area contributed by atoms with Gasteiger partial charge in [0.25, 0.3) is 0 Å². The monoisotopic (exact) mass is 434 g/mol. The quantitative estimate of drug-likeness (QED) is 0.618. The number of fused-ring (bicyclic) bond motifs is 3. The summed E-state index contributed by atoms with van der Waals surface area (Å²) in [6.07, 6.45) is 7.62. The van der Waals surface area contributed by atoms with E-state index in [1.54, 1.807) is 17.0 Å². The van der Waals surface area contributed by atoms with Crippen molar-refractivity contribution in [2.75, 3.05) is 0 Å². The lowest BCUT2D eigenvalue weighted by Gasteiger charge is -2.51. The minimum atomic E-state index is -0.392. The molecule has 0 saturated heterocycles. The molecule has 5 heteroatoms. The van der Waals surface area contributed by atoms with Gasteiger partial charge in [0.05, 0.1) is 12.6 Å². The van der Waals surface area contributed by atoms with Crippen molar-refractivity contribution in [3.05, 3.63) is 58.6 Å². The topological polar surface area (TPSA) is 61.2 Å². The van der Waals surface area contributed by atoms with E-state index in [1.165, 1.54) is 6.07 Å². The third-order valence-corrected chi connectivity index (χ3v) is 8.11. The van der Waals surface area contributed by atoms with Crippen LogP contribution in [0.3, 0.4) is 0 Å². The summed E-state index contributed by atoms with van der Waals surface area (Å²) in [5.74, 6) is 0.112. The third kappa shape index (κ3) is 3.81. The van der Waals surface area contributed by atoms with Crippen LogP contribution in [0.5, 0.6) is 0 Å². The molecular weight excluding hydrogens is 403 g/mol. The second-order valence-corrected chi connectivity index (χ2v) is 9.90. The van der Waals surface area contributed by atoms with Crippen molar-refractivity contribution in [3.8, 4) is 6.07 Å². The predicted octanol–water partition coefficient (Wildman–Crippen LogP) is 5.62. The van der Waals surface area contributed by atoms with Gasteiger partial charge in [0.1, 0.15) is 5.82 Å². The number of nitrogens with zero attached hydrogens (tertiary/aromatic N) is 2. The number of hydrogen-bond acceptors (Lipinski definition) is 3. The lowest BCUT2D eigenvalue weighted by molar-refractivity contribution is -0.131. The summed E-state index contributed by atoms with van der Waals surface area (Å²) in [5.41, 5.74) is 3.19. The fourth-order valence-electron chi connectivity index (χ4n) is 6.30. The normalized spacial score (nSPS) is 30.0. The van der Waals surface area contributed by atoms with E-state index in [1.807, 2.05) is 26.1 Å². The van der Waals surface area contributed by atoms with E-state index < -0.39 is 5.41 Å². The molecule has 0 bridgehead atoms. The number of ketones is 1. The Morgan fingerprint density at radius 1 is 1.25 bits per heavy atom. The number of allylic oxidation sites excluding steroid dienone is 3. The summed E-state index contributed by atoms with van der Waals surface area (Å²) in [4.78, 5) is 28.0. The number of hydrogen-bond donors (Lipinski definition) is 0. The molecule has 4 rings (SSSR count). The number of nitriles is 1. The molecule has 168 valence electrons. The molecule has 3 aliphatic rings. The standard InChI is InChI=1S/C27H31FN2O2/c1-17-6-4-8-23(28)22(17)16-30-15-19-9-10-21-20(7-5-13-29)18(2)14-24(31)26(21)27(19,3)12-11-25(30)32/h4,6,8,14-15,20-21,26H,5,7,9-12,16H2,1-3H3/t20-,21+,26-,27+/m1/s1. The van der Waals surface area contributed by atoms with Crippen molar-refractivity contribution in [1.29, 1.82) is 5.26 Å². The van der Waals surface area contributed by atoms with E-state index in [-0.39, 0.29) is 41.8 Å². The van der Waals surface area contributed by atoms with Crippen LogP contribution >= 0.6 is 0 Å². The van der Waals surface area contributed by atoms with Crippen LogP contribution in [0.4, 0.5) is 4.39 Å². The van der Waals surface area contributed by atoms with Crippen LogP contribution < -0.4 is 0 Å². The van der Waals surface area contributed by atoms with Crippen molar-refractivity contribution >= 4 is 11.7 Å². The Morgan fingerprint density at radius 3 is 2.75 bits per heavy atom. The van der Waals surface area contributed by atoms with Crippen LogP contribution in [0.1, 0.15) is 63.5 Å². The first-order valence-electron chi connectivity index (χ1n) is 11.6. The number of carbonyl (C=O) groups is 2. The average Bonchev–Trinajstić information content (AvgIpc) is 2.86. The molecule has 1 aromatic carbocycles. The molecular formula is C27H31FN2O2. The first-order valence-corrected chi connectivity index (χ1v) is 11.6. The highest BCUT2D eigenvalue weighted by molar-refractivity contribution is 5.95. The zero-order valence-corrected chi connectivity index (χ0v) is 19.2. The molecule has 1 aromatic rings. The summed E-state index contributed by atoms with van der Waals surface area (Å²) >= 11 is 0. The first-order chi connectivity index (χ1) is 15.3. The van der Waals surface area contributed by atoms with Gasteiger partial charge in [-0.15, -0.1) is 0 Å². The maximum absolute atomic E-state index is 14.5. The summed E-state index contributed by atoms with van der Waals surface area (Å²) in [6.45, 7) is 6.22. The fraction of sp³-hybridized carbons (Fsp3) is 0.519. The fourth-order valence-corrected chi connectivity index (χ4v) is 6.30. The molecule has 4 atom stereocenters. The highest BCUT2D eigenvalue weighted by atomic mass is 19.1. The number of halogens is 1. The largest absolute Gasteiger partial charge is 0.315 e. The summed E-state index contributed by atoms with van der Waals surface area (Å²) in [6, 6.07) is 7.23. The van der Waals surface area contributed by atoms with Crippen molar-refractivity contribution in [2.24, 2.45) is 23.2 Å². The van der Waals surface area contributed by atoms with Crippen LogP contribution in [0.25, 0.3) is 0 Å². The number of carbonyl (C=O) groups excluding carboxylic acids is 2. The molecule has 1 aliphatic heterocycles. The van der Waals surface area contributed by atoms with Gasteiger partial charge in [0.2, 0.25) is 5.91 Å². The maximum atomic E-state index is 14.5. The van der Waals surface area contributed by atoms with E-state index >= 15 is 0 Å². The molecule has 2 aliphatic carbocycles. The average molecular weight is 435 g/mol. The lowest BCUT2D eigenvalue weighted by atomic mass is 9.52. The Labute approximate surface area is 189 Å². The SMILES string of the molecule is CC1=CC(=O)[C@H]2[C@@H](CCC3=CN(Cc4c(C)cccc4F)C(=O)CC[C@@]32C)[C@@H]1CCC#N. The van der Waals surface area contributed by atoms with Gasteiger partial charge >= 0.3 is 0 Å². The summed E-state index contributed by atoms with van der Waals surface area (Å²) < 4.78 is 14.5. The Bertz CT molecular complexity index is 1030. The molecule has 0 spiro atoms. The first kappa shape index (κ1) is 22.5. The molecule has 1 saturated carbocycles. The Kier molecular flexibility index (Phi) is 6.07. The highest BCUT2D eigenvalue weighted by Gasteiger charge is 2.53. The predicted molar refractivity (Wildman–Crippen MR) is 120 cm³/mol. The molecule has 0 unspecified atom stereocenters. The third-order valence-electron chi connectivity index (χ3n) is 8.11. The molecule has 1 heterocycles. The summed E-state index contributed by atoms with van der Waals surface area (Å²) in [5, 5.41) is 9.11. The minimum Gasteiger partial charge on any atom is -0.315 e. The Morgan fingerprint density at radius 2 is 2.03 bits per heavy atom. The van der Waals surface area contributed by atoms with Crippen LogP contribution in [0.2, 0.25) is 0 Å². The number of aryl methyl sites for hydroxylation is 1. The molecule has 0 N–H and O–H groups in total. The Balaban J connectivity index is 1.69. The van der Waals surface area contributed by atoms with Gasteiger partial charge in [-0.3, -0.25) is 9.59 Å². The second kappa shape index (κ2) is 8.65. The van der Waals surface area contributed by atoms with E-state index in [9.17, 15) is 14.0 Å². The minimum absolute atomic E-state index is 0.0247. The van der Waals surface area contributed by atoms with Crippen LogP contribution in [-0.2, 0) is 16.1 Å². The molecule has 4 nitrogen and oxygen atoms in total. The van der Waals surface area contributed by atoms with Gasteiger partial charge in [-0.1, -0.05) is 24.6 Å². The van der Waals surface area contributed by atoms with E-state index in [0.717, 1.165) is 36.0 Å². The Hall–Kier alpha value is -2.74. The van der Waals surface area contributed by atoms with Crippen LogP contribution in [0, 0.1) is 47.2 Å². The number of amides is 1. The van der Waals surface area contributed by atoms with Crippen LogP contribution in [0.15, 0.2) is 41.6 Å². The van der Waals surface area contributed by atoms with Crippen LogP contribution in [-0.4, -0.2) is 16.6 Å². The maximum Gasteiger partial charge on any atom is 0.226 e. The summed E-state index contributed by atoms with van der Waals surface area (Å²) in [7, 11) is 0. The lowest BCUT2D eigenvalue weighted by Crippen LogP contribution is -2.48. The second-order valence-electron chi connectivity index (χ2n) is 9.90. The van der Waals surface area contributed by atoms with Gasteiger partial charge in [0, 0.05) is 35.9 Å². The van der Waals surface area contributed by atoms with Crippen molar-refractivity contribution in [2.45, 2.75) is 65.8 Å².